The first-order valence-corrected chi connectivity index (χ1v) is 10.8. The predicted octanol–water partition coefficient (Wildman–Crippen LogP) is 2.11. The molecule has 2 aliphatic rings. The number of anilines is 1. The maximum atomic E-state index is 13.9. The van der Waals surface area contributed by atoms with Gasteiger partial charge in [-0.15, -0.1) is 0 Å². The van der Waals surface area contributed by atoms with Crippen LogP contribution in [0.4, 0.5) is 10.3 Å². The van der Waals surface area contributed by atoms with E-state index >= 15 is 0 Å². The van der Waals surface area contributed by atoms with Gasteiger partial charge in [0, 0.05) is 66.9 Å². The number of hydrogen-bond donors (Lipinski definition) is 2. The second kappa shape index (κ2) is 9.47. The van der Waals surface area contributed by atoms with Crippen molar-refractivity contribution >= 4 is 17.6 Å². The summed E-state index contributed by atoms with van der Waals surface area (Å²) in [6.07, 6.45) is 9.23. The van der Waals surface area contributed by atoms with Crippen molar-refractivity contribution in [3.8, 4) is 0 Å². The van der Waals surface area contributed by atoms with Gasteiger partial charge in [-0.2, -0.15) is 0 Å². The van der Waals surface area contributed by atoms with Gasteiger partial charge in [0.2, 0.25) is 11.9 Å². The lowest BCUT2D eigenvalue weighted by molar-refractivity contribution is -0.138. The molecule has 0 aliphatic carbocycles. The van der Waals surface area contributed by atoms with Crippen molar-refractivity contribution < 1.29 is 9.18 Å². The number of piperidine rings is 2. The van der Waals surface area contributed by atoms with Crippen LogP contribution >= 0.6 is 0 Å². The smallest absolute Gasteiger partial charge is 0.225 e. The van der Waals surface area contributed by atoms with Crippen molar-refractivity contribution in [1.29, 1.82) is 5.41 Å². The average Bonchev–Trinajstić information content (AvgIpc) is 2.81. The average molecular weight is 426 g/mol. The maximum Gasteiger partial charge on any atom is 0.225 e. The fraction of sp³-hybridized carbons (Fsp3) is 0.500. The maximum absolute atomic E-state index is 13.9. The van der Waals surface area contributed by atoms with Crippen molar-refractivity contribution in [1.82, 2.24) is 24.8 Å². The summed E-state index contributed by atoms with van der Waals surface area (Å²) in [5.74, 6) is 0.0641. The summed E-state index contributed by atoms with van der Waals surface area (Å²) in [6, 6.07) is 1.56. The molecule has 0 radical (unpaired) electrons. The molecule has 1 amide bonds. The number of amides is 1. The van der Waals surface area contributed by atoms with E-state index in [1.54, 1.807) is 18.5 Å². The molecule has 4 rings (SSSR count). The lowest BCUT2D eigenvalue weighted by Crippen LogP contribution is -2.46. The van der Waals surface area contributed by atoms with Crippen LogP contribution < -0.4 is 5.73 Å². The van der Waals surface area contributed by atoms with E-state index in [9.17, 15) is 9.18 Å². The van der Waals surface area contributed by atoms with Gasteiger partial charge >= 0.3 is 0 Å². The highest BCUT2D eigenvalue weighted by molar-refractivity contribution is 6.00. The van der Waals surface area contributed by atoms with E-state index in [1.165, 1.54) is 6.20 Å². The zero-order valence-electron chi connectivity index (χ0n) is 17.5. The van der Waals surface area contributed by atoms with E-state index in [0.29, 0.717) is 37.2 Å². The summed E-state index contributed by atoms with van der Waals surface area (Å²) >= 11 is 0. The normalized spacial score (nSPS) is 18.8. The molecular weight excluding hydrogens is 397 g/mol. The SMILES string of the molecule is N=C(c1ccncc1F)C1CCN(C(=O)C2CCN(Cc3cnc(N)nc3)CC2)CC1. The molecule has 0 unspecified atom stereocenters. The van der Waals surface area contributed by atoms with Gasteiger partial charge in [-0.3, -0.25) is 14.7 Å². The minimum Gasteiger partial charge on any atom is -0.368 e. The van der Waals surface area contributed by atoms with Gasteiger partial charge in [0.15, 0.2) is 5.82 Å². The summed E-state index contributed by atoms with van der Waals surface area (Å²) in [7, 11) is 0. The van der Waals surface area contributed by atoms with Crippen molar-refractivity contribution in [2.24, 2.45) is 11.8 Å². The van der Waals surface area contributed by atoms with E-state index in [-0.39, 0.29) is 23.7 Å². The van der Waals surface area contributed by atoms with Gasteiger partial charge in [0.05, 0.1) is 6.20 Å². The Morgan fingerprint density at radius 2 is 1.71 bits per heavy atom. The van der Waals surface area contributed by atoms with E-state index < -0.39 is 5.82 Å². The van der Waals surface area contributed by atoms with E-state index in [2.05, 4.69) is 19.9 Å². The first kappa shape index (κ1) is 21.3. The molecule has 2 aromatic rings. The highest BCUT2D eigenvalue weighted by atomic mass is 19.1. The van der Waals surface area contributed by atoms with Crippen LogP contribution in [0.5, 0.6) is 0 Å². The van der Waals surface area contributed by atoms with Crippen molar-refractivity contribution in [3.05, 3.63) is 47.8 Å². The number of halogens is 1. The van der Waals surface area contributed by atoms with Gasteiger partial charge < -0.3 is 16.0 Å². The number of carbonyl (C=O) groups is 1. The Balaban J connectivity index is 1.24. The van der Waals surface area contributed by atoms with E-state index in [4.69, 9.17) is 11.1 Å². The second-order valence-electron chi connectivity index (χ2n) is 8.37. The second-order valence-corrected chi connectivity index (χ2v) is 8.37. The third kappa shape index (κ3) is 5.04. The summed E-state index contributed by atoms with van der Waals surface area (Å²) in [4.78, 5) is 29.1. The zero-order valence-corrected chi connectivity index (χ0v) is 17.5. The molecule has 8 nitrogen and oxygen atoms in total. The third-order valence-corrected chi connectivity index (χ3v) is 6.35. The first-order valence-electron chi connectivity index (χ1n) is 10.8. The van der Waals surface area contributed by atoms with Crippen LogP contribution in [0.15, 0.2) is 30.9 Å². The van der Waals surface area contributed by atoms with Crippen molar-refractivity contribution in [3.63, 3.8) is 0 Å². The Morgan fingerprint density at radius 3 is 2.35 bits per heavy atom. The number of carbonyl (C=O) groups excluding carboxylic acids is 1. The van der Waals surface area contributed by atoms with Gasteiger partial charge in [0.25, 0.3) is 0 Å². The third-order valence-electron chi connectivity index (χ3n) is 6.35. The molecule has 2 saturated heterocycles. The molecule has 0 aromatic carbocycles. The molecule has 164 valence electrons. The van der Waals surface area contributed by atoms with Crippen LogP contribution in [0.2, 0.25) is 0 Å². The molecule has 3 N–H and O–H groups in total. The molecule has 2 fully saturated rings. The number of pyridine rings is 1. The summed E-state index contributed by atoms with van der Waals surface area (Å²) in [5, 5.41) is 8.37. The van der Waals surface area contributed by atoms with Crippen LogP contribution in [0.1, 0.15) is 36.8 Å². The predicted molar refractivity (Wildman–Crippen MR) is 115 cm³/mol. The zero-order chi connectivity index (χ0) is 21.8. The Hall–Kier alpha value is -2.94. The Morgan fingerprint density at radius 1 is 1.06 bits per heavy atom. The Labute approximate surface area is 181 Å². The number of aromatic nitrogens is 3. The number of nitrogens with two attached hydrogens (primary N) is 1. The molecule has 4 heterocycles. The van der Waals surface area contributed by atoms with Gasteiger partial charge in [-0.1, -0.05) is 0 Å². The first-order chi connectivity index (χ1) is 15.0. The van der Waals surface area contributed by atoms with Crippen LogP contribution in [0.25, 0.3) is 0 Å². The molecule has 0 spiro atoms. The van der Waals surface area contributed by atoms with Crippen LogP contribution in [-0.2, 0) is 11.3 Å². The molecule has 0 saturated carbocycles. The lowest BCUT2D eigenvalue weighted by Gasteiger charge is -2.37. The number of rotatable bonds is 5. The van der Waals surface area contributed by atoms with Crippen molar-refractivity contribution in [2.45, 2.75) is 32.2 Å². The quantitative estimate of drug-likeness (QED) is 0.710. The monoisotopic (exact) mass is 425 g/mol. The fourth-order valence-electron chi connectivity index (χ4n) is 4.50. The topological polar surface area (TPSA) is 112 Å². The number of nitrogens with zero attached hydrogens (tertiary/aromatic N) is 5. The van der Waals surface area contributed by atoms with E-state index in [0.717, 1.165) is 44.2 Å². The minimum absolute atomic E-state index is 0.0232. The highest BCUT2D eigenvalue weighted by Crippen LogP contribution is 2.26. The van der Waals surface area contributed by atoms with Gasteiger partial charge in [-0.05, 0) is 44.8 Å². The molecule has 0 bridgehead atoms. The lowest BCUT2D eigenvalue weighted by atomic mass is 9.87. The number of likely N-dealkylation sites (tertiary alicyclic amines) is 2. The van der Waals surface area contributed by atoms with Crippen LogP contribution in [0, 0.1) is 23.1 Å². The van der Waals surface area contributed by atoms with E-state index in [1.807, 2.05) is 4.90 Å². The molecule has 2 aliphatic heterocycles. The van der Waals surface area contributed by atoms with Crippen molar-refractivity contribution in [2.75, 3.05) is 31.9 Å². The molecule has 31 heavy (non-hydrogen) atoms. The molecular formula is C22H28FN7O. The minimum atomic E-state index is -0.455. The summed E-state index contributed by atoms with van der Waals surface area (Å²) in [5.41, 5.74) is 7.19. The standard InChI is InChI=1S/C22H28FN7O/c23-19-13-26-6-1-18(19)20(24)16-4-9-30(10-5-16)21(31)17-2-7-29(8-3-17)14-15-11-27-22(25)28-12-15/h1,6,11-13,16-17,24H,2-5,7-10,14H2,(H2,25,27,28). The molecule has 0 atom stereocenters. The summed E-state index contributed by atoms with van der Waals surface area (Å²) in [6.45, 7) is 3.75. The number of nitrogen functional groups attached to an aromatic ring is 1. The molecule has 9 heteroatoms. The Kier molecular flexibility index (Phi) is 6.50. The fourth-order valence-corrected chi connectivity index (χ4v) is 4.50. The molecule has 2 aromatic heterocycles. The van der Waals surface area contributed by atoms with Crippen LogP contribution in [-0.4, -0.2) is 62.5 Å². The van der Waals surface area contributed by atoms with Crippen LogP contribution in [0.3, 0.4) is 0 Å². The number of hydrogen-bond acceptors (Lipinski definition) is 7. The van der Waals surface area contributed by atoms with Gasteiger partial charge in [0.1, 0.15) is 0 Å². The summed E-state index contributed by atoms with van der Waals surface area (Å²) < 4.78 is 13.9. The highest BCUT2D eigenvalue weighted by Gasteiger charge is 2.32. The van der Waals surface area contributed by atoms with Gasteiger partial charge in [-0.25, -0.2) is 14.4 Å². The number of nitrogens with one attached hydrogen (secondary N) is 1. The largest absolute Gasteiger partial charge is 0.368 e. The Bertz CT molecular complexity index is 920.